The van der Waals surface area contributed by atoms with Crippen LogP contribution in [0.2, 0.25) is 0 Å². The van der Waals surface area contributed by atoms with Gasteiger partial charge in [-0.1, -0.05) is 6.92 Å². The maximum absolute atomic E-state index is 11.4. The Balaban J connectivity index is 4.14. The minimum atomic E-state index is -0.310. The van der Waals surface area contributed by atoms with E-state index in [0.29, 0.717) is 6.54 Å². The Labute approximate surface area is 91.0 Å². The molecule has 0 rings (SSSR count). The molecular weight excluding hydrogens is 196 g/mol. The standard InChI is InChI=1S/C10H20N2O3/c1-5-6-12(8-10(14)15-4)7-9(13)11(2)3/h5-8H2,1-4H3. The molecule has 0 aliphatic carbocycles. The van der Waals surface area contributed by atoms with Crippen molar-refractivity contribution in [3.63, 3.8) is 0 Å². The number of ether oxygens (including phenoxy) is 1. The van der Waals surface area contributed by atoms with Crippen molar-refractivity contribution in [1.29, 1.82) is 0 Å². The maximum atomic E-state index is 11.4. The van der Waals surface area contributed by atoms with Crippen LogP contribution in [0.5, 0.6) is 0 Å². The summed E-state index contributed by atoms with van der Waals surface area (Å²) < 4.78 is 4.56. The largest absolute Gasteiger partial charge is 0.468 e. The molecule has 0 spiro atoms. The third-order valence-electron chi connectivity index (χ3n) is 1.98. The number of hydrogen-bond acceptors (Lipinski definition) is 4. The molecule has 0 fully saturated rings. The number of methoxy groups -OCH3 is 1. The zero-order valence-corrected chi connectivity index (χ0v) is 9.95. The molecule has 1 amide bonds. The second kappa shape index (κ2) is 7.23. The molecule has 0 bridgehead atoms. The van der Waals surface area contributed by atoms with Crippen LogP contribution in [0.3, 0.4) is 0 Å². The fourth-order valence-electron chi connectivity index (χ4n) is 1.11. The highest BCUT2D eigenvalue weighted by molar-refractivity contribution is 5.78. The number of nitrogens with zero attached hydrogens (tertiary/aromatic N) is 2. The highest BCUT2D eigenvalue weighted by atomic mass is 16.5. The second-order valence-electron chi connectivity index (χ2n) is 3.57. The van der Waals surface area contributed by atoms with Gasteiger partial charge >= 0.3 is 5.97 Å². The van der Waals surface area contributed by atoms with E-state index >= 15 is 0 Å². The molecule has 0 heterocycles. The van der Waals surface area contributed by atoms with E-state index in [4.69, 9.17) is 0 Å². The third kappa shape index (κ3) is 6.06. The molecule has 5 nitrogen and oxygen atoms in total. The predicted octanol–water partition coefficient (Wildman–Crippen LogP) is -0.0404. The molecule has 0 unspecified atom stereocenters. The summed E-state index contributed by atoms with van der Waals surface area (Å²) in [5.74, 6) is -0.317. The molecule has 0 saturated carbocycles. The van der Waals surface area contributed by atoms with Crippen LogP contribution in [0.15, 0.2) is 0 Å². The first-order chi connectivity index (χ1) is 7.01. The van der Waals surface area contributed by atoms with Crippen LogP contribution in [0.25, 0.3) is 0 Å². The molecule has 0 aromatic rings. The van der Waals surface area contributed by atoms with E-state index in [2.05, 4.69) is 4.74 Å². The van der Waals surface area contributed by atoms with E-state index in [1.807, 2.05) is 6.92 Å². The van der Waals surface area contributed by atoms with Gasteiger partial charge in [-0.3, -0.25) is 14.5 Å². The first-order valence-corrected chi connectivity index (χ1v) is 5.00. The predicted molar refractivity (Wildman–Crippen MR) is 57.4 cm³/mol. The fraction of sp³-hybridized carbons (Fsp3) is 0.800. The third-order valence-corrected chi connectivity index (χ3v) is 1.98. The molecule has 15 heavy (non-hydrogen) atoms. The SMILES string of the molecule is CCCN(CC(=O)OC)CC(=O)N(C)C. The van der Waals surface area contributed by atoms with E-state index < -0.39 is 0 Å². The van der Waals surface area contributed by atoms with Gasteiger partial charge in [0.25, 0.3) is 0 Å². The minimum absolute atomic E-state index is 0.00708. The second-order valence-corrected chi connectivity index (χ2v) is 3.57. The Hall–Kier alpha value is -1.10. The van der Waals surface area contributed by atoms with E-state index in [1.165, 1.54) is 12.0 Å². The molecular formula is C10H20N2O3. The molecule has 0 N–H and O–H groups in total. The van der Waals surface area contributed by atoms with Crippen molar-refractivity contribution < 1.29 is 14.3 Å². The van der Waals surface area contributed by atoms with Gasteiger partial charge in [-0.05, 0) is 13.0 Å². The Morgan fingerprint density at radius 1 is 1.20 bits per heavy atom. The number of carbonyl (C=O) groups excluding carboxylic acids is 2. The summed E-state index contributed by atoms with van der Waals surface area (Å²) in [6, 6.07) is 0. The van der Waals surface area contributed by atoms with Gasteiger partial charge in [-0.15, -0.1) is 0 Å². The average molecular weight is 216 g/mol. The van der Waals surface area contributed by atoms with Crippen molar-refractivity contribution in [2.45, 2.75) is 13.3 Å². The Morgan fingerprint density at radius 3 is 2.20 bits per heavy atom. The monoisotopic (exact) mass is 216 g/mol. The van der Waals surface area contributed by atoms with Gasteiger partial charge in [0.05, 0.1) is 20.2 Å². The van der Waals surface area contributed by atoms with Gasteiger partial charge in [0.1, 0.15) is 0 Å². The summed E-state index contributed by atoms with van der Waals surface area (Å²) in [6.07, 6.45) is 0.900. The number of rotatable bonds is 6. The summed E-state index contributed by atoms with van der Waals surface area (Å²) in [6.45, 7) is 3.15. The number of hydrogen-bond donors (Lipinski definition) is 0. The van der Waals surface area contributed by atoms with Crippen LogP contribution in [-0.2, 0) is 14.3 Å². The lowest BCUT2D eigenvalue weighted by atomic mass is 10.3. The number of esters is 1. The lowest BCUT2D eigenvalue weighted by Gasteiger charge is -2.21. The Kier molecular flexibility index (Phi) is 6.70. The van der Waals surface area contributed by atoms with Crippen molar-refractivity contribution in [3.8, 4) is 0 Å². The maximum Gasteiger partial charge on any atom is 0.319 e. The van der Waals surface area contributed by atoms with Gasteiger partial charge < -0.3 is 9.64 Å². The Bertz CT molecular complexity index is 217. The van der Waals surface area contributed by atoms with Gasteiger partial charge in [-0.2, -0.15) is 0 Å². The van der Waals surface area contributed by atoms with Gasteiger partial charge in [0.15, 0.2) is 0 Å². The minimum Gasteiger partial charge on any atom is -0.468 e. The number of carbonyl (C=O) groups is 2. The normalized spacial score (nSPS) is 10.2. The molecule has 5 heteroatoms. The molecule has 0 aliphatic rings. The summed E-state index contributed by atoms with van der Waals surface area (Å²) >= 11 is 0. The van der Waals surface area contributed by atoms with E-state index in [-0.39, 0.29) is 25.0 Å². The number of amides is 1. The van der Waals surface area contributed by atoms with Crippen LogP contribution in [-0.4, -0.2) is 62.5 Å². The molecule has 0 saturated heterocycles. The first kappa shape index (κ1) is 13.9. The summed E-state index contributed by atoms with van der Waals surface area (Å²) in [4.78, 5) is 25.8. The lowest BCUT2D eigenvalue weighted by molar-refractivity contribution is -0.142. The van der Waals surface area contributed by atoms with Crippen LogP contribution >= 0.6 is 0 Å². The van der Waals surface area contributed by atoms with Crippen molar-refractivity contribution in [2.75, 3.05) is 40.8 Å². The van der Waals surface area contributed by atoms with Crippen molar-refractivity contribution in [2.24, 2.45) is 0 Å². The Morgan fingerprint density at radius 2 is 1.80 bits per heavy atom. The molecule has 0 radical (unpaired) electrons. The van der Waals surface area contributed by atoms with Crippen molar-refractivity contribution in [1.82, 2.24) is 9.80 Å². The number of likely N-dealkylation sites (N-methyl/N-ethyl adjacent to an activating group) is 1. The van der Waals surface area contributed by atoms with Gasteiger partial charge in [0, 0.05) is 14.1 Å². The highest BCUT2D eigenvalue weighted by Gasteiger charge is 2.14. The van der Waals surface area contributed by atoms with Crippen LogP contribution in [0.1, 0.15) is 13.3 Å². The van der Waals surface area contributed by atoms with E-state index in [1.54, 1.807) is 19.0 Å². The summed E-state index contributed by atoms with van der Waals surface area (Å²) in [7, 11) is 4.75. The molecule has 0 aliphatic heterocycles. The quantitative estimate of drug-likeness (QED) is 0.585. The molecule has 88 valence electrons. The van der Waals surface area contributed by atoms with E-state index in [9.17, 15) is 9.59 Å². The van der Waals surface area contributed by atoms with Gasteiger partial charge in [-0.25, -0.2) is 0 Å². The first-order valence-electron chi connectivity index (χ1n) is 5.00. The van der Waals surface area contributed by atoms with Crippen molar-refractivity contribution in [3.05, 3.63) is 0 Å². The smallest absolute Gasteiger partial charge is 0.319 e. The zero-order chi connectivity index (χ0) is 11.8. The van der Waals surface area contributed by atoms with E-state index in [0.717, 1.165) is 6.42 Å². The van der Waals surface area contributed by atoms with Crippen LogP contribution in [0, 0.1) is 0 Å². The lowest BCUT2D eigenvalue weighted by Crippen LogP contribution is -2.40. The summed E-state index contributed by atoms with van der Waals surface area (Å²) in [5.41, 5.74) is 0. The zero-order valence-electron chi connectivity index (χ0n) is 9.95. The average Bonchev–Trinajstić information content (AvgIpc) is 2.17. The van der Waals surface area contributed by atoms with Crippen LogP contribution in [0.4, 0.5) is 0 Å². The fourth-order valence-corrected chi connectivity index (χ4v) is 1.11. The van der Waals surface area contributed by atoms with Gasteiger partial charge in [0.2, 0.25) is 5.91 Å². The molecule has 0 aromatic carbocycles. The van der Waals surface area contributed by atoms with Crippen LogP contribution < -0.4 is 0 Å². The topological polar surface area (TPSA) is 49.9 Å². The molecule has 0 aromatic heterocycles. The molecule has 0 atom stereocenters. The van der Waals surface area contributed by atoms with Crippen molar-refractivity contribution >= 4 is 11.9 Å². The highest BCUT2D eigenvalue weighted by Crippen LogP contribution is 1.94. The summed E-state index contributed by atoms with van der Waals surface area (Å²) in [5, 5.41) is 0.